The molecule has 1 saturated heterocycles. The van der Waals surface area contributed by atoms with Gasteiger partial charge in [0, 0.05) is 25.3 Å². The van der Waals surface area contributed by atoms with E-state index in [9.17, 15) is 4.79 Å². The Morgan fingerprint density at radius 3 is 3.00 bits per heavy atom. The summed E-state index contributed by atoms with van der Waals surface area (Å²) in [5, 5.41) is 18.9. The number of aromatic nitrogens is 6. The van der Waals surface area contributed by atoms with Gasteiger partial charge in [0.15, 0.2) is 5.65 Å². The number of amides is 1. The lowest BCUT2D eigenvalue weighted by atomic mass is 10.1. The van der Waals surface area contributed by atoms with Crippen molar-refractivity contribution in [2.75, 3.05) is 23.7 Å². The molecule has 1 aliphatic carbocycles. The van der Waals surface area contributed by atoms with Gasteiger partial charge in [0.25, 0.3) is 0 Å². The van der Waals surface area contributed by atoms with Gasteiger partial charge in [0.1, 0.15) is 5.82 Å². The smallest absolute Gasteiger partial charge is 0.246 e. The second kappa shape index (κ2) is 7.19. The number of carbonyl (C=O) groups is 1. The monoisotopic (exact) mass is 393 g/mol. The van der Waals surface area contributed by atoms with Gasteiger partial charge in [0.05, 0.1) is 29.5 Å². The maximum absolute atomic E-state index is 12.0. The summed E-state index contributed by atoms with van der Waals surface area (Å²) in [6, 6.07) is 0.623. The fourth-order valence-electron chi connectivity index (χ4n) is 3.69. The zero-order valence-electron chi connectivity index (χ0n) is 16.0. The summed E-state index contributed by atoms with van der Waals surface area (Å²) in [6.45, 7) is 4.96. The molecular weight excluding hydrogens is 370 g/mol. The zero-order valence-corrected chi connectivity index (χ0v) is 16.0. The Balaban J connectivity index is 1.37. The molecule has 5 rings (SSSR count). The number of rotatable bonds is 6. The van der Waals surface area contributed by atoms with Crippen molar-refractivity contribution in [3.63, 3.8) is 0 Å². The highest BCUT2D eigenvalue weighted by Gasteiger charge is 2.25. The van der Waals surface area contributed by atoms with Crippen molar-refractivity contribution >= 4 is 34.4 Å². The fourth-order valence-corrected chi connectivity index (χ4v) is 3.69. The van der Waals surface area contributed by atoms with Crippen LogP contribution in [-0.2, 0) is 4.79 Å². The lowest BCUT2D eigenvalue weighted by Crippen LogP contribution is -2.44. The number of hydrogen-bond acceptors (Lipinski definition) is 7. The molecule has 3 aromatic heterocycles. The predicted molar refractivity (Wildman–Crippen MR) is 109 cm³/mol. The van der Waals surface area contributed by atoms with Crippen LogP contribution in [0.4, 0.5) is 17.5 Å². The van der Waals surface area contributed by atoms with Gasteiger partial charge in [0.2, 0.25) is 11.9 Å². The molecule has 0 bridgehead atoms. The number of likely N-dealkylation sites (tertiary alicyclic amines) is 1. The van der Waals surface area contributed by atoms with Gasteiger partial charge in [-0.25, -0.2) is 0 Å². The zero-order chi connectivity index (χ0) is 19.8. The van der Waals surface area contributed by atoms with Crippen molar-refractivity contribution < 1.29 is 4.79 Å². The predicted octanol–water partition coefficient (Wildman–Crippen LogP) is 2.22. The molecule has 1 saturated carbocycles. The first kappa shape index (κ1) is 17.7. The lowest BCUT2D eigenvalue weighted by molar-refractivity contribution is -0.127. The molecule has 1 atom stereocenters. The normalized spacial score (nSPS) is 19.3. The SMILES string of the molecule is C=CC(=O)N1CCC[C@@H](Nc2nc(Nc3cnn(C4CC4)c3)nc3[nH]ncc23)C1. The second-order valence-electron chi connectivity index (χ2n) is 7.57. The van der Waals surface area contributed by atoms with Crippen LogP contribution in [-0.4, -0.2) is 59.9 Å². The van der Waals surface area contributed by atoms with Crippen molar-refractivity contribution in [1.29, 1.82) is 0 Å². The molecule has 1 aliphatic heterocycles. The van der Waals surface area contributed by atoms with Crippen LogP contribution in [0.15, 0.2) is 31.2 Å². The summed E-state index contributed by atoms with van der Waals surface area (Å²) in [5.74, 6) is 1.12. The molecule has 0 unspecified atom stereocenters. The summed E-state index contributed by atoms with van der Waals surface area (Å²) in [4.78, 5) is 23.0. The van der Waals surface area contributed by atoms with Crippen molar-refractivity contribution in [2.45, 2.75) is 37.8 Å². The highest BCUT2D eigenvalue weighted by Crippen LogP contribution is 2.34. The molecule has 29 heavy (non-hydrogen) atoms. The number of carbonyl (C=O) groups excluding carboxylic acids is 1. The van der Waals surface area contributed by atoms with E-state index in [4.69, 9.17) is 0 Å². The first-order chi connectivity index (χ1) is 14.2. The minimum Gasteiger partial charge on any atom is -0.365 e. The summed E-state index contributed by atoms with van der Waals surface area (Å²) < 4.78 is 1.98. The third-order valence-corrected chi connectivity index (χ3v) is 5.34. The average Bonchev–Trinajstić information content (AvgIpc) is 3.29. The van der Waals surface area contributed by atoms with Crippen molar-refractivity contribution in [3.8, 4) is 0 Å². The number of nitrogens with zero attached hydrogens (tertiary/aromatic N) is 6. The maximum Gasteiger partial charge on any atom is 0.246 e. The van der Waals surface area contributed by atoms with Crippen LogP contribution in [0.2, 0.25) is 0 Å². The van der Waals surface area contributed by atoms with E-state index < -0.39 is 0 Å². The Bertz CT molecular complexity index is 1050. The first-order valence-electron chi connectivity index (χ1n) is 9.90. The van der Waals surface area contributed by atoms with Crippen LogP contribution in [0.5, 0.6) is 0 Å². The van der Waals surface area contributed by atoms with Crippen LogP contribution in [0, 0.1) is 0 Å². The van der Waals surface area contributed by atoms with Crippen LogP contribution in [0.25, 0.3) is 11.0 Å². The van der Waals surface area contributed by atoms with Gasteiger partial charge >= 0.3 is 0 Å². The Morgan fingerprint density at radius 1 is 1.28 bits per heavy atom. The van der Waals surface area contributed by atoms with Gasteiger partial charge in [-0.05, 0) is 31.8 Å². The second-order valence-corrected chi connectivity index (χ2v) is 7.57. The first-order valence-corrected chi connectivity index (χ1v) is 9.90. The van der Waals surface area contributed by atoms with Gasteiger partial charge in [-0.15, -0.1) is 0 Å². The number of aromatic amines is 1. The van der Waals surface area contributed by atoms with E-state index in [-0.39, 0.29) is 11.9 Å². The molecule has 150 valence electrons. The number of nitrogens with one attached hydrogen (secondary N) is 3. The molecule has 10 heteroatoms. The van der Waals surface area contributed by atoms with E-state index in [1.54, 1.807) is 12.4 Å². The number of fused-ring (bicyclic) bond motifs is 1. The van der Waals surface area contributed by atoms with Crippen molar-refractivity contribution in [2.24, 2.45) is 0 Å². The fraction of sp³-hybridized carbons (Fsp3) is 0.421. The molecule has 3 aromatic rings. The van der Waals surface area contributed by atoms with E-state index in [1.165, 1.54) is 18.9 Å². The quantitative estimate of drug-likeness (QED) is 0.550. The summed E-state index contributed by atoms with van der Waals surface area (Å²) in [5.41, 5.74) is 1.50. The van der Waals surface area contributed by atoms with E-state index >= 15 is 0 Å². The molecule has 10 nitrogen and oxygen atoms in total. The maximum atomic E-state index is 12.0. The highest BCUT2D eigenvalue weighted by atomic mass is 16.2. The topological polar surface area (TPSA) is 117 Å². The lowest BCUT2D eigenvalue weighted by Gasteiger charge is -2.32. The molecule has 0 spiro atoms. The van der Waals surface area contributed by atoms with Gasteiger partial charge in [-0.1, -0.05) is 6.58 Å². The van der Waals surface area contributed by atoms with E-state index in [2.05, 4.69) is 42.5 Å². The molecule has 0 radical (unpaired) electrons. The average molecular weight is 393 g/mol. The van der Waals surface area contributed by atoms with Crippen LogP contribution >= 0.6 is 0 Å². The molecule has 2 fully saturated rings. The molecule has 1 amide bonds. The van der Waals surface area contributed by atoms with Gasteiger partial charge in [-0.2, -0.15) is 20.2 Å². The summed E-state index contributed by atoms with van der Waals surface area (Å²) in [6.07, 6.45) is 11.1. The third kappa shape index (κ3) is 3.65. The number of H-pyrrole nitrogens is 1. The van der Waals surface area contributed by atoms with E-state index in [0.717, 1.165) is 30.5 Å². The molecular formula is C19H23N9O. The highest BCUT2D eigenvalue weighted by molar-refractivity contribution is 5.88. The summed E-state index contributed by atoms with van der Waals surface area (Å²) >= 11 is 0. The minimum atomic E-state index is -0.0392. The minimum absolute atomic E-state index is 0.0392. The van der Waals surface area contributed by atoms with Crippen LogP contribution in [0.1, 0.15) is 31.7 Å². The van der Waals surface area contributed by atoms with Crippen molar-refractivity contribution in [1.82, 2.24) is 34.8 Å². The molecule has 2 aliphatic rings. The van der Waals surface area contributed by atoms with E-state index in [1.807, 2.05) is 15.8 Å². The van der Waals surface area contributed by atoms with E-state index in [0.29, 0.717) is 30.0 Å². The molecule has 4 heterocycles. The standard InChI is InChI=1S/C19H23N9O/c1-2-16(29)27-7-3-4-12(10-27)22-17-15-9-20-26-18(15)25-19(24-17)23-13-8-21-28(11-13)14-5-6-14/h2,8-9,11-12,14H,1,3-7,10H2,(H3,20,22,23,24,25,26)/t12-/m1/s1. The summed E-state index contributed by atoms with van der Waals surface area (Å²) in [7, 11) is 0. The number of hydrogen-bond donors (Lipinski definition) is 3. The van der Waals surface area contributed by atoms with Gasteiger partial charge < -0.3 is 15.5 Å². The van der Waals surface area contributed by atoms with Crippen LogP contribution < -0.4 is 10.6 Å². The number of anilines is 3. The van der Waals surface area contributed by atoms with Crippen LogP contribution in [0.3, 0.4) is 0 Å². The molecule has 0 aromatic carbocycles. The molecule has 3 N–H and O–H groups in total. The number of piperidine rings is 1. The Morgan fingerprint density at radius 2 is 2.17 bits per heavy atom. The Kier molecular flexibility index (Phi) is 4.38. The van der Waals surface area contributed by atoms with Gasteiger partial charge in [-0.3, -0.25) is 14.6 Å². The Labute approximate surface area is 167 Å². The Hall–Kier alpha value is -3.43. The van der Waals surface area contributed by atoms with Crippen molar-refractivity contribution in [3.05, 3.63) is 31.2 Å². The third-order valence-electron chi connectivity index (χ3n) is 5.34. The largest absolute Gasteiger partial charge is 0.365 e.